The molecule has 4 aliphatic rings. The minimum absolute atomic E-state index is 0.156. The summed E-state index contributed by atoms with van der Waals surface area (Å²) in [7, 11) is 0. The molecule has 6 unspecified atom stereocenters. The molecule has 13 nitrogen and oxygen atoms in total. The van der Waals surface area contributed by atoms with E-state index in [1.807, 2.05) is 6.92 Å². The highest BCUT2D eigenvalue weighted by atomic mass is 16.4. The number of aliphatic hydroxyl groups excluding tert-OH is 3. The molecular formula is C26H52N4O9. The third kappa shape index (κ3) is 21.6. The summed E-state index contributed by atoms with van der Waals surface area (Å²) in [5.41, 5.74) is -0.667. The van der Waals surface area contributed by atoms with Crippen molar-refractivity contribution in [3.63, 3.8) is 0 Å². The molecule has 0 aromatic carbocycles. The number of hydrogen-bond acceptors (Lipinski definition) is 10. The summed E-state index contributed by atoms with van der Waals surface area (Å²) in [6.07, 6.45) is 1.44. The molecule has 4 heterocycles. The normalized spacial score (nSPS) is 26.8. The lowest BCUT2D eigenvalue weighted by molar-refractivity contribution is -0.138. The largest absolute Gasteiger partial charge is 0.481 e. The monoisotopic (exact) mass is 564 g/mol. The lowest BCUT2D eigenvalue weighted by Gasteiger charge is -2.24. The molecule has 4 fully saturated rings. The maximum Gasteiger partial charge on any atom is 0.304 e. The zero-order valence-corrected chi connectivity index (χ0v) is 24.1. The van der Waals surface area contributed by atoms with E-state index >= 15 is 0 Å². The van der Waals surface area contributed by atoms with E-state index in [0.717, 1.165) is 39.3 Å². The van der Waals surface area contributed by atoms with E-state index < -0.39 is 23.3 Å². The molecule has 7 N–H and O–H groups in total. The van der Waals surface area contributed by atoms with Gasteiger partial charge in [0.05, 0.1) is 39.1 Å². The van der Waals surface area contributed by atoms with Crippen LogP contribution in [0.2, 0.25) is 0 Å². The zero-order valence-electron chi connectivity index (χ0n) is 24.1. The van der Waals surface area contributed by atoms with Gasteiger partial charge in [-0.15, -0.1) is 0 Å². The Bertz CT molecular complexity index is 615. The second kappa shape index (κ2) is 20.1. The van der Waals surface area contributed by atoms with Gasteiger partial charge in [-0.25, -0.2) is 0 Å². The molecular weight excluding hydrogens is 512 g/mol. The second-order valence-corrected chi connectivity index (χ2v) is 10.5. The number of aliphatic hydroxyl groups is 3. The van der Waals surface area contributed by atoms with Crippen molar-refractivity contribution in [1.29, 1.82) is 0 Å². The third-order valence-electron chi connectivity index (χ3n) is 6.81. The van der Waals surface area contributed by atoms with Crippen LogP contribution in [0.15, 0.2) is 0 Å². The van der Waals surface area contributed by atoms with Crippen LogP contribution in [0.25, 0.3) is 0 Å². The standard InChI is InChI=1S/3C6H11NO2.C6H14O3.C2H5N/c3*1-5-4-7(5)3-2-6(8)9;1-2-6(3-7,4-8)5-9;1-2-3-1/h3*5H,2-4H2,1H3,(H,8,9);7-9H,2-5H2,1H3;3H,1-2H2. The van der Waals surface area contributed by atoms with Gasteiger partial charge in [0.25, 0.3) is 0 Å². The number of rotatable bonds is 13. The fraction of sp³-hybridized carbons (Fsp3) is 0.885. The molecule has 0 aromatic rings. The van der Waals surface area contributed by atoms with Gasteiger partial charge in [0.15, 0.2) is 0 Å². The number of carboxylic acid groups (broad SMARTS) is 3. The number of hydrogen-bond donors (Lipinski definition) is 7. The van der Waals surface area contributed by atoms with Gasteiger partial charge in [-0.3, -0.25) is 29.1 Å². The first-order valence-electron chi connectivity index (χ1n) is 13.7. The predicted octanol–water partition coefficient (Wildman–Crippen LogP) is -0.555. The second-order valence-electron chi connectivity index (χ2n) is 10.5. The lowest BCUT2D eigenvalue weighted by Crippen LogP contribution is -2.32. The van der Waals surface area contributed by atoms with Gasteiger partial charge >= 0.3 is 17.9 Å². The Kier molecular flexibility index (Phi) is 19.1. The molecule has 0 radical (unpaired) electrons. The Hall–Kier alpha value is -1.87. The van der Waals surface area contributed by atoms with Gasteiger partial charge in [0.1, 0.15) is 0 Å². The summed E-state index contributed by atoms with van der Waals surface area (Å²) in [6, 6.07) is 1.89. The van der Waals surface area contributed by atoms with Crippen molar-refractivity contribution in [1.82, 2.24) is 20.0 Å². The number of carbonyl (C=O) groups is 3. The van der Waals surface area contributed by atoms with E-state index in [-0.39, 0.29) is 39.1 Å². The molecule has 4 aliphatic heterocycles. The third-order valence-corrected chi connectivity index (χ3v) is 6.81. The summed E-state index contributed by atoms with van der Waals surface area (Å²) in [6.45, 7) is 15.5. The summed E-state index contributed by atoms with van der Waals surface area (Å²) < 4.78 is 0. The van der Waals surface area contributed by atoms with Crippen molar-refractivity contribution in [2.45, 2.75) is 71.5 Å². The van der Waals surface area contributed by atoms with Crippen molar-refractivity contribution in [3.8, 4) is 0 Å². The molecule has 39 heavy (non-hydrogen) atoms. The highest BCUT2D eigenvalue weighted by Gasteiger charge is 2.29. The molecule has 0 aliphatic carbocycles. The first-order chi connectivity index (χ1) is 18.3. The Balaban J connectivity index is 0.000000475. The summed E-state index contributed by atoms with van der Waals surface area (Å²) in [5, 5.41) is 53.7. The molecule has 0 saturated carbocycles. The van der Waals surface area contributed by atoms with Gasteiger partial charge in [0, 0.05) is 75.9 Å². The van der Waals surface area contributed by atoms with E-state index in [4.69, 9.17) is 30.6 Å². The van der Waals surface area contributed by atoms with Crippen molar-refractivity contribution in [3.05, 3.63) is 0 Å². The fourth-order valence-electron chi connectivity index (χ4n) is 3.01. The van der Waals surface area contributed by atoms with Crippen LogP contribution in [-0.4, -0.2) is 154 Å². The number of nitrogens with zero attached hydrogens (tertiary/aromatic N) is 3. The van der Waals surface area contributed by atoms with Crippen molar-refractivity contribution >= 4 is 17.9 Å². The van der Waals surface area contributed by atoms with E-state index in [2.05, 4.69) is 40.8 Å². The average molecular weight is 565 g/mol. The van der Waals surface area contributed by atoms with Crippen LogP contribution in [0, 0.1) is 5.41 Å². The quantitative estimate of drug-likeness (QED) is 0.140. The highest BCUT2D eigenvalue weighted by molar-refractivity contribution is 5.67. The van der Waals surface area contributed by atoms with Crippen LogP contribution in [0.3, 0.4) is 0 Å². The van der Waals surface area contributed by atoms with Gasteiger partial charge in [0.2, 0.25) is 0 Å². The maximum absolute atomic E-state index is 10.0. The van der Waals surface area contributed by atoms with Crippen molar-refractivity contribution in [2.75, 3.05) is 72.2 Å². The Labute approximate surface area is 232 Å². The Morgan fingerprint density at radius 1 is 0.667 bits per heavy atom. The van der Waals surface area contributed by atoms with Gasteiger partial charge in [-0.2, -0.15) is 0 Å². The van der Waals surface area contributed by atoms with E-state index in [1.54, 1.807) is 0 Å². The predicted molar refractivity (Wildman–Crippen MR) is 147 cm³/mol. The minimum atomic E-state index is -0.700. The van der Waals surface area contributed by atoms with Crippen molar-refractivity contribution < 1.29 is 45.0 Å². The van der Waals surface area contributed by atoms with Crippen LogP contribution in [0.4, 0.5) is 0 Å². The Morgan fingerprint density at radius 3 is 0.974 bits per heavy atom. The fourth-order valence-corrected chi connectivity index (χ4v) is 3.01. The van der Waals surface area contributed by atoms with Crippen molar-refractivity contribution in [2.24, 2.45) is 5.41 Å². The van der Waals surface area contributed by atoms with Gasteiger partial charge in [-0.05, 0) is 27.2 Å². The molecule has 0 amide bonds. The van der Waals surface area contributed by atoms with Crippen LogP contribution in [0.5, 0.6) is 0 Å². The molecule has 13 heteroatoms. The highest BCUT2D eigenvalue weighted by Crippen LogP contribution is 2.18. The molecule has 0 spiro atoms. The van der Waals surface area contributed by atoms with E-state index in [0.29, 0.717) is 24.5 Å². The number of nitrogens with one attached hydrogen (secondary N) is 1. The SMILES string of the molecule is C1CN1.CC1CN1CCC(=O)O.CC1CN1CCC(=O)O.CC1CN1CCC(=O)O.CCC(CO)(CO)CO. The molecule has 4 saturated heterocycles. The van der Waals surface area contributed by atoms with Crippen LogP contribution >= 0.6 is 0 Å². The maximum atomic E-state index is 10.0. The summed E-state index contributed by atoms with van der Waals surface area (Å²) in [4.78, 5) is 36.4. The summed E-state index contributed by atoms with van der Waals surface area (Å²) in [5.74, 6) is -2.10. The Morgan fingerprint density at radius 2 is 0.897 bits per heavy atom. The molecule has 4 rings (SSSR count). The zero-order chi connectivity index (χ0) is 30.0. The van der Waals surface area contributed by atoms with Crippen LogP contribution < -0.4 is 5.32 Å². The van der Waals surface area contributed by atoms with Gasteiger partial charge < -0.3 is 36.0 Å². The van der Waals surface area contributed by atoms with E-state index in [1.165, 1.54) is 13.1 Å². The molecule has 0 aromatic heterocycles. The molecule has 230 valence electrons. The number of carboxylic acids is 3. The topological polar surface area (TPSA) is 204 Å². The van der Waals surface area contributed by atoms with Gasteiger partial charge in [-0.1, -0.05) is 6.92 Å². The average Bonchev–Trinajstić information content (AvgIpc) is 3.70. The molecule has 0 bridgehead atoms. The lowest BCUT2D eigenvalue weighted by atomic mass is 9.88. The number of aliphatic carboxylic acids is 3. The van der Waals surface area contributed by atoms with Crippen LogP contribution in [-0.2, 0) is 14.4 Å². The molecule has 6 atom stereocenters. The van der Waals surface area contributed by atoms with Crippen LogP contribution in [0.1, 0.15) is 53.4 Å². The van der Waals surface area contributed by atoms with E-state index in [9.17, 15) is 14.4 Å². The first kappa shape index (κ1) is 37.1. The summed E-state index contributed by atoms with van der Waals surface area (Å²) >= 11 is 0. The first-order valence-corrected chi connectivity index (χ1v) is 13.7. The minimum Gasteiger partial charge on any atom is -0.481 e. The smallest absolute Gasteiger partial charge is 0.304 e.